The number of hydrogen-bond donors (Lipinski definition) is 0. The van der Waals surface area contributed by atoms with Crippen molar-refractivity contribution in [2.45, 2.75) is 91.0 Å². The van der Waals surface area contributed by atoms with Gasteiger partial charge in [0.15, 0.2) is 0 Å². The number of hydrogen-bond acceptors (Lipinski definition) is 2. The average Bonchev–Trinajstić information content (AvgIpc) is 2.41. The number of unbranched alkanes of at least 4 members (excludes halogenated alkanes) is 7. The second-order valence-electron chi connectivity index (χ2n) is 5.52. The lowest BCUT2D eigenvalue weighted by Gasteiger charge is -2.21. The van der Waals surface area contributed by atoms with Crippen molar-refractivity contribution in [3.63, 3.8) is 0 Å². The Morgan fingerprint density at radius 1 is 0.737 bits per heavy atom. The van der Waals surface area contributed by atoms with Crippen molar-refractivity contribution in [1.29, 1.82) is 0 Å². The molecule has 3 heteroatoms. The summed E-state index contributed by atoms with van der Waals surface area (Å²) in [5.74, 6) is 0. The van der Waals surface area contributed by atoms with Crippen LogP contribution in [0.5, 0.6) is 0 Å². The molecule has 0 saturated carbocycles. The summed E-state index contributed by atoms with van der Waals surface area (Å²) in [6.45, 7) is 10.3. The first-order valence-corrected chi connectivity index (χ1v) is 10.1. The molecule has 0 spiro atoms. The predicted molar refractivity (Wildman–Crippen MR) is 87.1 cm³/mol. The minimum atomic E-state index is -1.40. The summed E-state index contributed by atoms with van der Waals surface area (Å²) < 4.78 is 11.6. The summed E-state index contributed by atoms with van der Waals surface area (Å²) in [5.41, 5.74) is 0.653. The van der Waals surface area contributed by atoms with Gasteiger partial charge in [-0.2, -0.15) is 0 Å². The molecule has 0 N–H and O–H groups in total. The van der Waals surface area contributed by atoms with Crippen LogP contribution in [0.25, 0.3) is 0 Å². The van der Waals surface area contributed by atoms with Gasteiger partial charge in [0, 0.05) is 13.2 Å². The van der Waals surface area contributed by atoms with Gasteiger partial charge in [-0.3, -0.25) is 0 Å². The van der Waals surface area contributed by atoms with E-state index in [2.05, 4.69) is 27.7 Å². The highest BCUT2D eigenvalue weighted by molar-refractivity contribution is 6.46. The van der Waals surface area contributed by atoms with E-state index in [9.17, 15) is 0 Å². The van der Waals surface area contributed by atoms with Crippen molar-refractivity contribution in [3.8, 4) is 0 Å². The van der Waals surface area contributed by atoms with E-state index in [1.807, 2.05) is 0 Å². The molecule has 0 radical (unpaired) electrons. The Morgan fingerprint density at radius 2 is 1.21 bits per heavy atom. The molecule has 1 unspecified atom stereocenters. The molecule has 0 bridgehead atoms. The quantitative estimate of drug-likeness (QED) is 0.323. The second kappa shape index (κ2) is 14.5. The predicted octanol–water partition coefficient (Wildman–Crippen LogP) is 5.20. The van der Waals surface area contributed by atoms with Crippen LogP contribution in [-0.4, -0.2) is 22.5 Å². The monoisotopic (exact) mass is 288 g/mol. The molecule has 116 valence electrons. The van der Waals surface area contributed by atoms with E-state index in [0.717, 1.165) is 13.2 Å². The molecular formula is C16H36O2Si. The van der Waals surface area contributed by atoms with Crippen LogP contribution >= 0.6 is 0 Å². The zero-order chi connectivity index (χ0) is 14.3. The molecular weight excluding hydrogens is 252 g/mol. The highest BCUT2D eigenvalue weighted by Gasteiger charge is 2.20. The molecule has 1 atom stereocenters. The van der Waals surface area contributed by atoms with Crippen LogP contribution in [0.15, 0.2) is 0 Å². The first kappa shape index (κ1) is 19.1. The largest absolute Gasteiger partial charge is 0.397 e. The fourth-order valence-electron chi connectivity index (χ4n) is 2.44. The Balaban J connectivity index is 3.47. The maximum Gasteiger partial charge on any atom is 0.324 e. The molecule has 2 nitrogen and oxygen atoms in total. The minimum Gasteiger partial charge on any atom is -0.397 e. The third kappa shape index (κ3) is 11.6. The fraction of sp³-hybridized carbons (Fsp3) is 1.00. The first-order valence-electron chi connectivity index (χ1n) is 8.49. The van der Waals surface area contributed by atoms with Crippen LogP contribution in [0, 0.1) is 0 Å². The van der Waals surface area contributed by atoms with E-state index >= 15 is 0 Å². The van der Waals surface area contributed by atoms with Crippen LogP contribution in [-0.2, 0) is 8.85 Å². The van der Waals surface area contributed by atoms with Gasteiger partial charge in [-0.25, -0.2) is 0 Å². The molecule has 0 aromatic rings. The highest BCUT2D eigenvalue weighted by atomic mass is 28.3. The standard InChI is InChI=1S/C16H36O2Si/c1-5-8-9-10-11-12-13-14-15-16(4)19(17-6-2)18-7-3/h16,19H,5-15H2,1-4H3. The van der Waals surface area contributed by atoms with Crippen molar-refractivity contribution in [3.05, 3.63) is 0 Å². The van der Waals surface area contributed by atoms with Crippen LogP contribution in [0.2, 0.25) is 5.54 Å². The maximum absolute atomic E-state index is 5.78. The third-order valence-corrected chi connectivity index (χ3v) is 6.23. The fourth-order valence-corrected chi connectivity index (χ4v) is 4.36. The summed E-state index contributed by atoms with van der Waals surface area (Å²) in [6.07, 6.45) is 12.5. The summed E-state index contributed by atoms with van der Waals surface area (Å²) in [7, 11) is -1.40. The van der Waals surface area contributed by atoms with Gasteiger partial charge in [-0.05, 0) is 25.8 Å². The van der Waals surface area contributed by atoms with Crippen LogP contribution < -0.4 is 0 Å². The smallest absolute Gasteiger partial charge is 0.324 e. The molecule has 0 amide bonds. The Morgan fingerprint density at radius 3 is 1.68 bits per heavy atom. The summed E-state index contributed by atoms with van der Waals surface area (Å²) in [5, 5.41) is 0. The average molecular weight is 289 g/mol. The van der Waals surface area contributed by atoms with E-state index in [0.29, 0.717) is 5.54 Å². The zero-order valence-electron chi connectivity index (χ0n) is 13.7. The van der Waals surface area contributed by atoms with Gasteiger partial charge < -0.3 is 8.85 Å². The lowest BCUT2D eigenvalue weighted by molar-refractivity contribution is 0.203. The normalized spacial score (nSPS) is 13.1. The van der Waals surface area contributed by atoms with Crippen molar-refractivity contribution in [1.82, 2.24) is 0 Å². The molecule has 0 aliphatic carbocycles. The summed E-state index contributed by atoms with van der Waals surface area (Å²) >= 11 is 0. The van der Waals surface area contributed by atoms with Gasteiger partial charge in [0.2, 0.25) is 0 Å². The molecule has 0 heterocycles. The van der Waals surface area contributed by atoms with E-state index < -0.39 is 9.28 Å². The Labute approximate surface area is 123 Å². The lowest BCUT2D eigenvalue weighted by atomic mass is 10.1. The summed E-state index contributed by atoms with van der Waals surface area (Å²) in [6, 6.07) is 0. The van der Waals surface area contributed by atoms with Crippen LogP contribution in [0.4, 0.5) is 0 Å². The van der Waals surface area contributed by atoms with Crippen LogP contribution in [0.1, 0.15) is 85.5 Å². The van der Waals surface area contributed by atoms with E-state index in [4.69, 9.17) is 8.85 Å². The van der Waals surface area contributed by atoms with E-state index in [1.54, 1.807) is 0 Å². The van der Waals surface area contributed by atoms with Crippen LogP contribution in [0.3, 0.4) is 0 Å². The first-order chi connectivity index (χ1) is 9.26. The van der Waals surface area contributed by atoms with Crippen molar-refractivity contribution in [2.75, 3.05) is 13.2 Å². The van der Waals surface area contributed by atoms with Crippen molar-refractivity contribution >= 4 is 9.28 Å². The molecule has 19 heavy (non-hydrogen) atoms. The molecule has 0 aliphatic rings. The second-order valence-corrected chi connectivity index (χ2v) is 8.06. The summed E-state index contributed by atoms with van der Waals surface area (Å²) in [4.78, 5) is 0. The van der Waals surface area contributed by atoms with Gasteiger partial charge >= 0.3 is 9.28 Å². The highest BCUT2D eigenvalue weighted by Crippen LogP contribution is 2.21. The topological polar surface area (TPSA) is 18.5 Å². The molecule has 0 aliphatic heterocycles. The minimum absolute atomic E-state index is 0.653. The Bertz CT molecular complexity index is 170. The van der Waals surface area contributed by atoms with Gasteiger partial charge in [-0.15, -0.1) is 0 Å². The molecule has 0 aromatic carbocycles. The van der Waals surface area contributed by atoms with Crippen molar-refractivity contribution < 1.29 is 8.85 Å². The van der Waals surface area contributed by atoms with Crippen molar-refractivity contribution in [2.24, 2.45) is 0 Å². The maximum atomic E-state index is 5.78. The van der Waals surface area contributed by atoms with Gasteiger partial charge in [0.25, 0.3) is 0 Å². The Hall–Kier alpha value is 0.137. The SMILES string of the molecule is CCCCCCCCCCC(C)[SiH](OCC)OCC. The lowest BCUT2D eigenvalue weighted by Crippen LogP contribution is -2.27. The molecule has 0 fully saturated rings. The molecule has 0 aromatic heterocycles. The molecule has 0 saturated heterocycles. The van der Waals surface area contributed by atoms with E-state index in [1.165, 1.54) is 57.8 Å². The van der Waals surface area contributed by atoms with E-state index in [-0.39, 0.29) is 0 Å². The Kier molecular flexibility index (Phi) is 14.6. The van der Waals surface area contributed by atoms with Gasteiger partial charge in [0.1, 0.15) is 0 Å². The molecule has 0 rings (SSSR count). The van der Waals surface area contributed by atoms with Gasteiger partial charge in [0.05, 0.1) is 0 Å². The third-order valence-electron chi connectivity index (χ3n) is 3.64. The number of rotatable bonds is 14. The van der Waals surface area contributed by atoms with Gasteiger partial charge in [-0.1, -0.05) is 65.2 Å². The zero-order valence-corrected chi connectivity index (χ0v) is 14.9.